The van der Waals surface area contributed by atoms with Crippen molar-refractivity contribution in [1.29, 1.82) is 0 Å². The van der Waals surface area contributed by atoms with Crippen LogP contribution in [-0.2, 0) is 0 Å². The zero-order valence-corrected chi connectivity index (χ0v) is 14.0. The van der Waals surface area contributed by atoms with Crippen molar-refractivity contribution in [2.45, 2.75) is 52.4 Å². The first-order valence-corrected chi connectivity index (χ1v) is 11.4. The van der Waals surface area contributed by atoms with Crippen molar-refractivity contribution >= 4 is 43.2 Å². The monoisotopic (exact) mass is 298 g/mol. The minimum atomic E-state index is 1.25. The molecule has 0 nitrogen and oxygen atoms in total. The van der Waals surface area contributed by atoms with E-state index in [1.807, 2.05) is 43.2 Å². The van der Waals surface area contributed by atoms with Crippen LogP contribution in [0.2, 0.25) is 0 Å². The van der Waals surface area contributed by atoms with Gasteiger partial charge in [-0.05, 0) is 12.8 Å². The van der Waals surface area contributed by atoms with E-state index in [0.717, 1.165) is 0 Å². The van der Waals surface area contributed by atoms with Crippen molar-refractivity contribution in [3.8, 4) is 0 Å². The zero-order valence-electron chi connectivity index (χ0n) is 10.7. The molecule has 0 atom stereocenters. The average Bonchev–Trinajstić information content (AvgIpc) is 2.31. The van der Waals surface area contributed by atoms with Gasteiger partial charge < -0.3 is 0 Å². The molecule has 0 unspecified atom stereocenters. The predicted molar refractivity (Wildman–Crippen MR) is 88.9 cm³/mol. The average molecular weight is 299 g/mol. The van der Waals surface area contributed by atoms with E-state index in [1.54, 1.807) is 0 Å². The molecule has 0 spiro atoms. The van der Waals surface area contributed by atoms with Crippen LogP contribution >= 0.6 is 43.2 Å². The molecule has 0 N–H and O–H groups in total. The summed E-state index contributed by atoms with van der Waals surface area (Å²) >= 11 is 0. The molecule has 0 aliphatic heterocycles. The highest BCUT2D eigenvalue weighted by Crippen LogP contribution is 2.23. The van der Waals surface area contributed by atoms with Gasteiger partial charge in [-0.25, -0.2) is 0 Å². The van der Waals surface area contributed by atoms with Crippen LogP contribution < -0.4 is 0 Å². The quantitative estimate of drug-likeness (QED) is 0.296. The highest BCUT2D eigenvalue weighted by Gasteiger charge is 1.93. The Balaban J connectivity index is 2.83. The van der Waals surface area contributed by atoms with Crippen molar-refractivity contribution in [3.05, 3.63) is 0 Å². The summed E-state index contributed by atoms with van der Waals surface area (Å²) in [5, 5.41) is 0. The van der Waals surface area contributed by atoms with E-state index in [9.17, 15) is 0 Å². The minimum absolute atomic E-state index is 1.25. The summed E-state index contributed by atoms with van der Waals surface area (Å²) in [6.45, 7) is 4.46. The van der Waals surface area contributed by atoms with E-state index in [-0.39, 0.29) is 0 Å². The first kappa shape index (κ1) is 17.4. The molecule has 0 saturated carbocycles. The Morgan fingerprint density at radius 1 is 0.500 bits per heavy atom. The summed E-state index contributed by atoms with van der Waals surface area (Å²) in [6.07, 6.45) is 8.60. The van der Waals surface area contributed by atoms with Gasteiger partial charge in [0.05, 0.1) is 0 Å². The first-order valence-electron chi connectivity index (χ1n) is 6.40. The second-order valence-electron chi connectivity index (χ2n) is 3.58. The summed E-state index contributed by atoms with van der Waals surface area (Å²) in [7, 11) is 8.08. The van der Waals surface area contributed by atoms with Crippen LogP contribution in [0.25, 0.3) is 0 Å². The Morgan fingerprint density at radius 3 is 1.25 bits per heavy atom. The van der Waals surface area contributed by atoms with E-state index in [1.165, 1.54) is 61.5 Å². The van der Waals surface area contributed by atoms with Gasteiger partial charge in [-0.1, -0.05) is 82.7 Å². The topological polar surface area (TPSA) is 0 Å². The second kappa shape index (κ2) is 16.4. The molecule has 0 heterocycles. The fourth-order valence-corrected chi connectivity index (χ4v) is 4.94. The van der Waals surface area contributed by atoms with Crippen molar-refractivity contribution in [3.63, 3.8) is 0 Å². The molecule has 4 heteroatoms. The summed E-state index contributed by atoms with van der Waals surface area (Å²) in [6, 6.07) is 0. The molecule has 0 radical (unpaired) electrons. The Labute approximate surface area is 118 Å². The molecule has 0 aromatic rings. The largest absolute Gasteiger partial charge is 0.0944 e. The molecule has 0 aliphatic rings. The summed E-state index contributed by atoms with van der Waals surface area (Å²) in [5.74, 6) is 5.19. The van der Waals surface area contributed by atoms with Crippen LogP contribution in [0, 0.1) is 0 Å². The van der Waals surface area contributed by atoms with E-state index in [0.29, 0.717) is 0 Å². The third kappa shape index (κ3) is 15.4. The molecule has 0 aromatic carbocycles. The molecule has 0 amide bonds. The van der Waals surface area contributed by atoms with Crippen LogP contribution in [0.1, 0.15) is 52.4 Å². The van der Waals surface area contributed by atoms with Crippen molar-refractivity contribution in [2.75, 3.05) is 23.0 Å². The van der Waals surface area contributed by atoms with E-state index >= 15 is 0 Å². The summed E-state index contributed by atoms with van der Waals surface area (Å²) < 4.78 is 0. The number of unbranched alkanes of at least 4 members (excludes halogenated alkanes) is 5. The van der Waals surface area contributed by atoms with Crippen LogP contribution in [0.3, 0.4) is 0 Å². The maximum absolute atomic E-state index is 2.23. The van der Waals surface area contributed by atoms with Gasteiger partial charge in [0.25, 0.3) is 0 Å². The summed E-state index contributed by atoms with van der Waals surface area (Å²) in [4.78, 5) is 0. The minimum Gasteiger partial charge on any atom is -0.0944 e. The Hall–Kier alpha value is 1.40. The third-order valence-corrected chi connectivity index (χ3v) is 7.24. The molecule has 0 fully saturated rings. The number of hydrogen-bond acceptors (Lipinski definition) is 4. The van der Waals surface area contributed by atoms with E-state index < -0.39 is 0 Å². The number of rotatable bonds is 13. The third-order valence-electron chi connectivity index (χ3n) is 2.11. The molecule has 16 heavy (non-hydrogen) atoms. The second-order valence-corrected chi connectivity index (χ2v) is 9.32. The lowest BCUT2D eigenvalue weighted by Crippen LogP contribution is -1.83. The molecule has 0 aliphatic carbocycles. The van der Waals surface area contributed by atoms with Gasteiger partial charge in [0.15, 0.2) is 0 Å². The standard InChI is InChI=1S/C12H26S4/c1-3-13-15-11-9-7-5-6-8-10-12-16-14-4-2/h3-12H2,1-2H3. The molecule has 0 aromatic heterocycles. The van der Waals surface area contributed by atoms with Crippen molar-refractivity contribution in [2.24, 2.45) is 0 Å². The first-order chi connectivity index (χ1) is 7.91. The van der Waals surface area contributed by atoms with Crippen molar-refractivity contribution in [1.82, 2.24) is 0 Å². The molecule has 0 rings (SSSR count). The molecular formula is C12H26S4. The van der Waals surface area contributed by atoms with E-state index in [2.05, 4.69) is 13.8 Å². The molecular weight excluding hydrogens is 272 g/mol. The zero-order chi connectivity index (χ0) is 11.9. The smallest absolute Gasteiger partial charge is 0.00369 e. The molecule has 0 saturated heterocycles. The highest BCUT2D eigenvalue weighted by molar-refractivity contribution is 8.77. The van der Waals surface area contributed by atoms with Gasteiger partial charge in [0, 0.05) is 23.0 Å². The van der Waals surface area contributed by atoms with Gasteiger partial charge in [0.2, 0.25) is 0 Å². The van der Waals surface area contributed by atoms with Gasteiger partial charge in [0.1, 0.15) is 0 Å². The maximum atomic E-state index is 2.23. The maximum Gasteiger partial charge on any atom is 0.00369 e. The lowest BCUT2D eigenvalue weighted by atomic mass is 10.1. The highest BCUT2D eigenvalue weighted by atomic mass is 33.1. The predicted octanol–water partition coefficient (Wildman–Crippen LogP) is 6.13. The van der Waals surface area contributed by atoms with Gasteiger partial charge in [-0.15, -0.1) is 0 Å². The Bertz CT molecular complexity index is 106. The summed E-state index contributed by atoms with van der Waals surface area (Å²) in [5.41, 5.74) is 0. The van der Waals surface area contributed by atoms with Gasteiger partial charge in [-0.2, -0.15) is 0 Å². The normalized spacial score (nSPS) is 10.9. The van der Waals surface area contributed by atoms with Crippen LogP contribution in [0.4, 0.5) is 0 Å². The fraction of sp³-hybridized carbons (Fsp3) is 1.00. The van der Waals surface area contributed by atoms with Gasteiger partial charge in [-0.3, -0.25) is 0 Å². The van der Waals surface area contributed by atoms with Crippen molar-refractivity contribution < 1.29 is 0 Å². The molecule has 0 bridgehead atoms. The lowest BCUT2D eigenvalue weighted by molar-refractivity contribution is 0.630. The van der Waals surface area contributed by atoms with Crippen LogP contribution in [0.15, 0.2) is 0 Å². The van der Waals surface area contributed by atoms with Crippen LogP contribution in [-0.4, -0.2) is 23.0 Å². The van der Waals surface area contributed by atoms with Gasteiger partial charge >= 0.3 is 0 Å². The lowest BCUT2D eigenvalue weighted by Gasteiger charge is -2.01. The number of hydrogen-bond donors (Lipinski definition) is 0. The molecule has 98 valence electrons. The fourth-order valence-electron chi connectivity index (χ4n) is 1.31. The Kier molecular flexibility index (Phi) is 17.8. The Morgan fingerprint density at radius 2 is 0.875 bits per heavy atom. The van der Waals surface area contributed by atoms with Crippen LogP contribution in [0.5, 0.6) is 0 Å². The van der Waals surface area contributed by atoms with E-state index in [4.69, 9.17) is 0 Å². The SMILES string of the molecule is CCSSCCCCCCCCSSCC.